The minimum absolute atomic E-state index is 0.536. The Hall–Kier alpha value is -1.06. The van der Waals surface area contributed by atoms with Gasteiger partial charge in [-0.25, -0.2) is 0 Å². The minimum atomic E-state index is -0.536. The molecule has 0 spiro atoms. The van der Waals surface area contributed by atoms with Crippen molar-refractivity contribution in [3.05, 3.63) is 29.8 Å². The Balaban J connectivity index is 2.20. The van der Waals surface area contributed by atoms with Gasteiger partial charge in [0.2, 0.25) is 0 Å². The molecule has 2 rings (SSSR count). The van der Waals surface area contributed by atoms with E-state index in [-0.39, 0.29) is 0 Å². The summed E-state index contributed by atoms with van der Waals surface area (Å²) >= 11 is 0. The van der Waals surface area contributed by atoms with Crippen LogP contribution in [0.2, 0.25) is 0 Å². The summed E-state index contributed by atoms with van der Waals surface area (Å²) in [5.41, 5.74) is 1.87. The van der Waals surface area contributed by atoms with Crippen LogP contribution in [0.4, 0.5) is 5.69 Å². The summed E-state index contributed by atoms with van der Waals surface area (Å²) in [4.78, 5) is 2.09. The van der Waals surface area contributed by atoms with Crippen molar-refractivity contribution in [2.75, 3.05) is 32.1 Å². The van der Waals surface area contributed by atoms with E-state index in [2.05, 4.69) is 22.3 Å². The molecule has 0 bridgehead atoms. The van der Waals surface area contributed by atoms with Crippen molar-refractivity contribution in [1.82, 2.24) is 5.32 Å². The molecule has 3 heteroatoms. The fraction of sp³-hybridized carbons (Fsp3) is 0.500. The fourth-order valence-corrected chi connectivity index (χ4v) is 1.99. The van der Waals surface area contributed by atoms with Gasteiger partial charge in [0.25, 0.3) is 0 Å². The first-order valence-electron chi connectivity index (χ1n) is 5.29. The molecule has 1 saturated heterocycles. The van der Waals surface area contributed by atoms with E-state index in [1.54, 1.807) is 0 Å². The highest BCUT2D eigenvalue weighted by molar-refractivity contribution is 5.53. The molecular weight excluding hydrogens is 188 g/mol. The first kappa shape index (κ1) is 10.5. The maximum atomic E-state index is 10.1. The molecule has 0 aliphatic carbocycles. The Morgan fingerprint density at radius 2 is 2.00 bits per heavy atom. The average molecular weight is 206 g/mol. The van der Waals surface area contributed by atoms with Gasteiger partial charge < -0.3 is 15.3 Å². The molecule has 15 heavy (non-hydrogen) atoms. The van der Waals surface area contributed by atoms with Crippen LogP contribution in [0.3, 0.4) is 0 Å². The van der Waals surface area contributed by atoms with Crippen LogP contribution in [0.15, 0.2) is 24.3 Å². The monoisotopic (exact) mass is 206 g/mol. The summed E-state index contributed by atoms with van der Waals surface area (Å²) in [5, 5.41) is 13.2. The number of para-hydroxylation sites is 1. The number of rotatable bonds is 3. The minimum Gasteiger partial charge on any atom is -0.387 e. The van der Waals surface area contributed by atoms with Gasteiger partial charge in [-0.05, 0) is 11.6 Å². The molecule has 0 atom stereocenters. The summed E-state index contributed by atoms with van der Waals surface area (Å²) in [7, 11) is 4.06. The second-order valence-electron chi connectivity index (χ2n) is 4.53. The number of nitrogens with one attached hydrogen (secondary N) is 1. The van der Waals surface area contributed by atoms with Crippen LogP contribution in [0.1, 0.15) is 5.56 Å². The molecule has 2 N–H and O–H groups in total. The van der Waals surface area contributed by atoms with E-state index in [1.165, 1.54) is 11.3 Å². The summed E-state index contributed by atoms with van der Waals surface area (Å²) in [6, 6.07) is 8.23. The van der Waals surface area contributed by atoms with E-state index >= 15 is 0 Å². The standard InChI is InChI=1S/C12H18N2O/c1-14(2)11-6-4-3-5-10(11)7-12(15)8-13-9-12/h3-6,13,15H,7-9H2,1-2H3. The summed E-state index contributed by atoms with van der Waals surface area (Å²) in [6.45, 7) is 1.41. The number of hydrogen-bond donors (Lipinski definition) is 2. The Morgan fingerprint density at radius 3 is 2.53 bits per heavy atom. The number of nitrogens with zero attached hydrogens (tertiary/aromatic N) is 1. The van der Waals surface area contributed by atoms with Gasteiger partial charge >= 0.3 is 0 Å². The number of β-amino-alcohol motifs (C(OH)–C–C–N with tert-alkyl or cyclic N) is 1. The zero-order valence-corrected chi connectivity index (χ0v) is 9.33. The third-order valence-corrected chi connectivity index (χ3v) is 2.90. The van der Waals surface area contributed by atoms with Gasteiger partial charge in [-0.2, -0.15) is 0 Å². The molecule has 1 aromatic rings. The molecule has 0 amide bonds. The third kappa shape index (κ3) is 2.13. The van der Waals surface area contributed by atoms with E-state index in [1.807, 2.05) is 26.2 Å². The van der Waals surface area contributed by atoms with Gasteiger partial charge in [0.15, 0.2) is 0 Å². The van der Waals surface area contributed by atoms with E-state index in [0.29, 0.717) is 13.1 Å². The van der Waals surface area contributed by atoms with Crippen LogP contribution in [0, 0.1) is 0 Å². The summed E-state index contributed by atoms with van der Waals surface area (Å²) in [5.74, 6) is 0. The molecule has 1 fully saturated rings. The summed E-state index contributed by atoms with van der Waals surface area (Å²) in [6.07, 6.45) is 0.731. The van der Waals surface area contributed by atoms with Gasteiger partial charge in [0.05, 0.1) is 5.60 Å². The van der Waals surface area contributed by atoms with E-state index in [0.717, 1.165) is 6.42 Å². The molecule has 0 saturated carbocycles. The van der Waals surface area contributed by atoms with E-state index < -0.39 is 5.60 Å². The second kappa shape index (κ2) is 3.83. The van der Waals surface area contributed by atoms with Crippen LogP contribution in [-0.2, 0) is 6.42 Å². The molecule has 1 aliphatic heterocycles. The van der Waals surface area contributed by atoms with Crippen molar-refractivity contribution >= 4 is 5.69 Å². The van der Waals surface area contributed by atoms with Crippen LogP contribution in [0.25, 0.3) is 0 Å². The first-order chi connectivity index (χ1) is 7.11. The van der Waals surface area contributed by atoms with Crippen molar-refractivity contribution in [3.63, 3.8) is 0 Å². The molecule has 0 aromatic heterocycles. The molecule has 0 radical (unpaired) electrons. The maximum absolute atomic E-state index is 10.1. The lowest BCUT2D eigenvalue weighted by Gasteiger charge is -2.38. The van der Waals surface area contributed by atoms with E-state index in [9.17, 15) is 5.11 Å². The Morgan fingerprint density at radius 1 is 1.33 bits per heavy atom. The second-order valence-corrected chi connectivity index (χ2v) is 4.53. The molecular formula is C12H18N2O. The lowest BCUT2D eigenvalue weighted by atomic mass is 9.88. The molecule has 1 aliphatic rings. The van der Waals surface area contributed by atoms with Crippen LogP contribution < -0.4 is 10.2 Å². The van der Waals surface area contributed by atoms with E-state index in [4.69, 9.17) is 0 Å². The first-order valence-corrected chi connectivity index (χ1v) is 5.29. The van der Waals surface area contributed by atoms with Gasteiger partial charge in [-0.3, -0.25) is 0 Å². The molecule has 0 unspecified atom stereocenters. The third-order valence-electron chi connectivity index (χ3n) is 2.90. The largest absolute Gasteiger partial charge is 0.387 e. The average Bonchev–Trinajstić information content (AvgIpc) is 2.16. The number of benzene rings is 1. The highest BCUT2D eigenvalue weighted by Gasteiger charge is 2.34. The van der Waals surface area contributed by atoms with Crippen molar-refractivity contribution in [3.8, 4) is 0 Å². The lowest BCUT2D eigenvalue weighted by molar-refractivity contribution is -0.00892. The number of hydrogen-bond acceptors (Lipinski definition) is 3. The lowest BCUT2D eigenvalue weighted by Crippen LogP contribution is -2.60. The predicted molar refractivity (Wildman–Crippen MR) is 62.3 cm³/mol. The van der Waals surface area contributed by atoms with Gasteiger partial charge in [0, 0.05) is 39.3 Å². The summed E-state index contributed by atoms with van der Waals surface area (Å²) < 4.78 is 0. The molecule has 1 aromatic carbocycles. The predicted octanol–water partition coefficient (Wildman–Crippen LogP) is 0.629. The molecule has 3 nitrogen and oxygen atoms in total. The van der Waals surface area contributed by atoms with Gasteiger partial charge in [-0.1, -0.05) is 18.2 Å². The van der Waals surface area contributed by atoms with Gasteiger partial charge in [0.1, 0.15) is 0 Å². The Bertz CT molecular complexity index is 345. The highest BCUT2D eigenvalue weighted by atomic mass is 16.3. The number of anilines is 1. The normalized spacial score (nSPS) is 18.3. The topological polar surface area (TPSA) is 35.5 Å². The van der Waals surface area contributed by atoms with Crippen molar-refractivity contribution in [2.45, 2.75) is 12.0 Å². The SMILES string of the molecule is CN(C)c1ccccc1CC1(O)CNC1. The van der Waals surface area contributed by atoms with Crippen molar-refractivity contribution < 1.29 is 5.11 Å². The highest BCUT2D eigenvalue weighted by Crippen LogP contribution is 2.24. The molecule has 82 valence electrons. The zero-order chi connectivity index (χ0) is 10.9. The van der Waals surface area contributed by atoms with Gasteiger partial charge in [-0.15, -0.1) is 0 Å². The Labute approximate surface area is 90.7 Å². The van der Waals surface area contributed by atoms with Crippen LogP contribution >= 0.6 is 0 Å². The van der Waals surface area contributed by atoms with Crippen LogP contribution in [0.5, 0.6) is 0 Å². The molecule has 1 heterocycles. The Kier molecular flexibility index (Phi) is 2.67. The quantitative estimate of drug-likeness (QED) is 0.761. The fourth-order valence-electron chi connectivity index (χ4n) is 1.99. The number of aliphatic hydroxyl groups is 1. The van der Waals surface area contributed by atoms with Crippen LogP contribution in [-0.4, -0.2) is 37.9 Å². The smallest absolute Gasteiger partial charge is 0.0935 e. The maximum Gasteiger partial charge on any atom is 0.0935 e. The van der Waals surface area contributed by atoms with Crippen molar-refractivity contribution in [1.29, 1.82) is 0 Å². The zero-order valence-electron chi connectivity index (χ0n) is 9.33. The van der Waals surface area contributed by atoms with Crippen molar-refractivity contribution in [2.24, 2.45) is 0 Å².